The zero-order chi connectivity index (χ0) is 15.3. The number of nitrogens with zero attached hydrogens (tertiary/aromatic N) is 3. The van der Waals surface area contributed by atoms with Crippen molar-refractivity contribution >= 4 is 23.6 Å². The summed E-state index contributed by atoms with van der Waals surface area (Å²) in [6.45, 7) is 0.637. The molecule has 1 fully saturated rings. The summed E-state index contributed by atoms with van der Waals surface area (Å²) in [5, 5.41) is 18.8. The van der Waals surface area contributed by atoms with Gasteiger partial charge in [-0.3, -0.25) is 4.79 Å². The molecular formula is C13H20N4O3S. The van der Waals surface area contributed by atoms with Crippen LogP contribution in [0.2, 0.25) is 0 Å². The van der Waals surface area contributed by atoms with Crippen LogP contribution in [0.1, 0.15) is 42.6 Å². The van der Waals surface area contributed by atoms with Crippen molar-refractivity contribution in [2.45, 2.75) is 43.4 Å². The van der Waals surface area contributed by atoms with E-state index in [0.29, 0.717) is 6.54 Å². The minimum absolute atomic E-state index is 0.00919. The Morgan fingerprint density at radius 2 is 2.14 bits per heavy atom. The molecule has 0 bridgehead atoms. The molecule has 0 unspecified atom stereocenters. The molecule has 0 saturated heterocycles. The number of aromatic nitrogens is 3. The molecule has 1 amide bonds. The molecule has 1 heterocycles. The molecule has 0 radical (unpaired) electrons. The van der Waals surface area contributed by atoms with Crippen molar-refractivity contribution in [3.05, 3.63) is 11.9 Å². The molecule has 7 nitrogen and oxygen atoms in total. The van der Waals surface area contributed by atoms with E-state index >= 15 is 0 Å². The van der Waals surface area contributed by atoms with Crippen molar-refractivity contribution in [1.29, 1.82) is 0 Å². The molecule has 2 N–H and O–H groups in total. The number of aromatic carboxylic acids is 1. The summed E-state index contributed by atoms with van der Waals surface area (Å²) in [6.07, 6.45) is 9.29. The second kappa shape index (κ2) is 6.93. The van der Waals surface area contributed by atoms with Crippen LogP contribution in [0.5, 0.6) is 0 Å². The van der Waals surface area contributed by atoms with E-state index in [2.05, 4.69) is 21.9 Å². The third-order valence-corrected chi connectivity index (χ3v) is 5.29. The maximum atomic E-state index is 11.9. The highest BCUT2D eigenvalue weighted by atomic mass is 32.2. The van der Waals surface area contributed by atoms with Gasteiger partial charge < -0.3 is 10.4 Å². The van der Waals surface area contributed by atoms with Crippen LogP contribution in [0.3, 0.4) is 0 Å². The fourth-order valence-electron chi connectivity index (χ4n) is 2.59. The van der Waals surface area contributed by atoms with Crippen molar-refractivity contribution in [1.82, 2.24) is 20.3 Å². The Morgan fingerprint density at radius 3 is 2.71 bits per heavy atom. The van der Waals surface area contributed by atoms with Gasteiger partial charge >= 0.3 is 5.97 Å². The first-order valence-corrected chi connectivity index (χ1v) is 8.22. The van der Waals surface area contributed by atoms with E-state index in [1.165, 1.54) is 30.1 Å². The van der Waals surface area contributed by atoms with E-state index in [4.69, 9.17) is 5.11 Å². The summed E-state index contributed by atoms with van der Waals surface area (Å²) in [4.78, 5) is 22.6. The average molecular weight is 312 g/mol. The lowest BCUT2D eigenvalue weighted by Gasteiger charge is -2.35. The molecule has 0 aromatic carbocycles. The lowest BCUT2D eigenvalue weighted by atomic mass is 9.88. The van der Waals surface area contributed by atoms with Crippen LogP contribution < -0.4 is 5.32 Å². The Labute approximate surface area is 127 Å². The van der Waals surface area contributed by atoms with Gasteiger partial charge in [0.1, 0.15) is 6.54 Å². The predicted octanol–water partition coefficient (Wildman–Crippen LogP) is 1.16. The topological polar surface area (TPSA) is 97.1 Å². The molecular weight excluding hydrogens is 292 g/mol. The fraction of sp³-hybridized carbons (Fsp3) is 0.692. The Morgan fingerprint density at radius 1 is 1.43 bits per heavy atom. The van der Waals surface area contributed by atoms with Crippen molar-refractivity contribution in [2.24, 2.45) is 0 Å². The number of amides is 1. The molecule has 0 atom stereocenters. The van der Waals surface area contributed by atoms with Gasteiger partial charge in [0.25, 0.3) is 0 Å². The second-order valence-electron chi connectivity index (χ2n) is 5.33. The van der Waals surface area contributed by atoms with E-state index in [-0.39, 0.29) is 22.9 Å². The fourth-order valence-corrected chi connectivity index (χ4v) is 3.50. The number of carboxylic acid groups (broad SMARTS) is 1. The van der Waals surface area contributed by atoms with Crippen LogP contribution in [0.25, 0.3) is 0 Å². The summed E-state index contributed by atoms with van der Waals surface area (Å²) < 4.78 is 1.38. The van der Waals surface area contributed by atoms with E-state index in [9.17, 15) is 9.59 Å². The minimum atomic E-state index is -1.15. The molecule has 0 spiro atoms. The summed E-state index contributed by atoms with van der Waals surface area (Å²) in [6, 6.07) is 0. The molecule has 1 aromatic rings. The van der Waals surface area contributed by atoms with Gasteiger partial charge in [0.05, 0.1) is 6.20 Å². The summed E-state index contributed by atoms with van der Waals surface area (Å²) in [7, 11) is 0. The smallest absolute Gasteiger partial charge is 0.358 e. The highest BCUT2D eigenvalue weighted by molar-refractivity contribution is 8.00. The zero-order valence-corrected chi connectivity index (χ0v) is 12.9. The van der Waals surface area contributed by atoms with Crippen molar-refractivity contribution in [3.63, 3.8) is 0 Å². The summed E-state index contributed by atoms with van der Waals surface area (Å²) in [5.74, 6) is -1.32. The van der Waals surface area contributed by atoms with Gasteiger partial charge in [-0.15, -0.1) is 5.10 Å². The predicted molar refractivity (Wildman–Crippen MR) is 79.3 cm³/mol. The molecule has 1 aliphatic rings. The van der Waals surface area contributed by atoms with Crippen molar-refractivity contribution in [3.8, 4) is 0 Å². The van der Waals surface area contributed by atoms with Gasteiger partial charge in [-0.1, -0.05) is 24.5 Å². The minimum Gasteiger partial charge on any atom is -0.476 e. The lowest BCUT2D eigenvalue weighted by molar-refractivity contribution is -0.122. The van der Waals surface area contributed by atoms with Gasteiger partial charge in [-0.2, -0.15) is 11.8 Å². The number of carbonyl (C=O) groups excluding carboxylic acids is 1. The van der Waals surface area contributed by atoms with E-state index in [0.717, 1.165) is 12.8 Å². The third-order valence-electron chi connectivity index (χ3n) is 3.87. The van der Waals surface area contributed by atoms with Crippen molar-refractivity contribution in [2.75, 3.05) is 12.8 Å². The number of rotatable bonds is 6. The second-order valence-corrected chi connectivity index (χ2v) is 6.61. The SMILES string of the molecule is CSC1(CNC(=O)Cn2cc(C(=O)O)nn2)CCCCC1. The summed E-state index contributed by atoms with van der Waals surface area (Å²) >= 11 is 1.82. The molecule has 1 aliphatic carbocycles. The average Bonchev–Trinajstić information content (AvgIpc) is 2.95. The van der Waals surface area contributed by atoms with Gasteiger partial charge in [-0.25, -0.2) is 9.48 Å². The van der Waals surface area contributed by atoms with E-state index < -0.39 is 5.97 Å². The molecule has 1 saturated carbocycles. The number of hydrogen-bond donors (Lipinski definition) is 2. The van der Waals surface area contributed by atoms with Crippen LogP contribution >= 0.6 is 11.8 Å². The van der Waals surface area contributed by atoms with Gasteiger partial charge in [-0.05, 0) is 19.1 Å². The number of nitrogens with one attached hydrogen (secondary N) is 1. The van der Waals surface area contributed by atoms with Gasteiger partial charge in [0.2, 0.25) is 5.91 Å². The highest BCUT2D eigenvalue weighted by Gasteiger charge is 2.31. The monoisotopic (exact) mass is 312 g/mol. The largest absolute Gasteiger partial charge is 0.476 e. The molecule has 21 heavy (non-hydrogen) atoms. The van der Waals surface area contributed by atoms with E-state index in [1.807, 2.05) is 11.8 Å². The van der Waals surface area contributed by atoms with E-state index in [1.54, 1.807) is 0 Å². The zero-order valence-electron chi connectivity index (χ0n) is 12.0. The Bertz CT molecular complexity index is 511. The summed E-state index contributed by atoms with van der Waals surface area (Å²) in [5.41, 5.74) is -0.157. The van der Waals surface area contributed by atoms with Gasteiger partial charge in [0, 0.05) is 11.3 Å². The molecule has 116 valence electrons. The molecule has 2 rings (SSSR count). The highest BCUT2D eigenvalue weighted by Crippen LogP contribution is 2.37. The Balaban J connectivity index is 1.84. The first-order valence-electron chi connectivity index (χ1n) is 7.00. The molecule has 8 heteroatoms. The van der Waals surface area contributed by atoms with Crippen LogP contribution in [-0.2, 0) is 11.3 Å². The number of carboxylic acids is 1. The number of hydrogen-bond acceptors (Lipinski definition) is 5. The van der Waals surface area contributed by atoms with Crippen LogP contribution in [0.15, 0.2) is 6.20 Å². The van der Waals surface area contributed by atoms with Crippen LogP contribution in [0.4, 0.5) is 0 Å². The molecule has 1 aromatic heterocycles. The molecule has 0 aliphatic heterocycles. The standard InChI is InChI=1S/C13H20N4O3S/c1-21-13(5-3-2-4-6-13)9-14-11(18)8-17-7-10(12(19)20)15-16-17/h7H,2-6,8-9H2,1H3,(H,14,18)(H,19,20). The quantitative estimate of drug-likeness (QED) is 0.818. The number of carbonyl (C=O) groups is 2. The first kappa shape index (κ1) is 15.8. The van der Waals surface area contributed by atoms with Crippen LogP contribution in [0, 0.1) is 0 Å². The maximum absolute atomic E-state index is 11.9. The Kier molecular flexibility index (Phi) is 5.22. The first-order chi connectivity index (χ1) is 10.0. The maximum Gasteiger partial charge on any atom is 0.358 e. The van der Waals surface area contributed by atoms with Crippen molar-refractivity contribution < 1.29 is 14.7 Å². The van der Waals surface area contributed by atoms with Gasteiger partial charge in [0.15, 0.2) is 5.69 Å². The lowest BCUT2D eigenvalue weighted by Crippen LogP contribution is -2.42. The Hall–Kier alpha value is -1.57. The number of thioether (sulfide) groups is 1. The van der Waals surface area contributed by atoms with Crippen LogP contribution in [-0.4, -0.2) is 49.5 Å². The third kappa shape index (κ3) is 4.20. The normalized spacial score (nSPS) is 17.4.